The summed E-state index contributed by atoms with van der Waals surface area (Å²) in [6.45, 7) is 4.08. The van der Waals surface area contributed by atoms with E-state index in [1.165, 1.54) is 19.6 Å². The van der Waals surface area contributed by atoms with Gasteiger partial charge in [-0.2, -0.15) is 0 Å². The first-order valence-corrected chi connectivity index (χ1v) is 9.75. The molecule has 0 aliphatic heterocycles. The largest absolute Gasteiger partial charge is 0.470 e. The molecule has 0 radical (unpaired) electrons. The Hall–Kier alpha value is -0.0931. The monoisotopic (exact) mass is 334 g/mol. The average molecular weight is 334 g/mol. The molecule has 0 aromatic rings. The SMILES string of the molecule is C[Si](C)(C)OP(=O)(OC(F)C(F)F)OC(F)C(F)F. The lowest BCUT2D eigenvalue weighted by atomic mass is 10.7. The fourth-order valence-corrected chi connectivity index (χ4v) is 4.50. The smallest absolute Gasteiger partial charge is 0.330 e. The molecule has 0 bridgehead atoms. The van der Waals surface area contributed by atoms with Gasteiger partial charge in [0.2, 0.25) is 0 Å². The number of phosphoric ester groups is 1. The van der Waals surface area contributed by atoms with Crippen molar-refractivity contribution in [2.45, 2.75) is 45.2 Å². The Labute approximate surface area is 106 Å². The number of alkyl halides is 6. The van der Waals surface area contributed by atoms with E-state index in [-0.39, 0.29) is 0 Å². The van der Waals surface area contributed by atoms with Crippen LogP contribution in [0.3, 0.4) is 0 Å². The van der Waals surface area contributed by atoms with E-state index >= 15 is 0 Å². The minimum Gasteiger partial charge on any atom is -0.330 e. The lowest BCUT2D eigenvalue weighted by molar-refractivity contribution is -0.114. The maximum absolute atomic E-state index is 12.6. The van der Waals surface area contributed by atoms with Crippen LogP contribution in [0.1, 0.15) is 0 Å². The fraction of sp³-hybridized carbons (Fsp3) is 1.00. The van der Waals surface area contributed by atoms with Gasteiger partial charge in [0.15, 0.2) is 8.32 Å². The molecule has 4 nitrogen and oxygen atoms in total. The third-order valence-corrected chi connectivity index (χ3v) is 5.25. The first-order valence-electron chi connectivity index (χ1n) is 4.88. The van der Waals surface area contributed by atoms with Crippen molar-refractivity contribution in [1.82, 2.24) is 0 Å². The van der Waals surface area contributed by atoms with E-state index < -0.39 is 41.7 Å². The van der Waals surface area contributed by atoms with Gasteiger partial charge < -0.3 is 4.21 Å². The van der Waals surface area contributed by atoms with Crippen LogP contribution in [-0.2, 0) is 17.8 Å². The molecule has 2 unspecified atom stereocenters. The molecular weight excluding hydrogens is 321 g/mol. The van der Waals surface area contributed by atoms with Crippen LogP contribution in [0, 0.1) is 0 Å². The summed E-state index contributed by atoms with van der Waals surface area (Å²) in [5.74, 6) is 0. The number of phosphoric acid groups is 1. The molecular formula is C7H13F6O4PSi. The molecule has 0 aromatic carbocycles. The van der Waals surface area contributed by atoms with Crippen molar-refractivity contribution in [3.63, 3.8) is 0 Å². The summed E-state index contributed by atoms with van der Waals surface area (Å²) in [5.41, 5.74) is 0. The lowest BCUT2D eigenvalue weighted by Gasteiger charge is -2.26. The van der Waals surface area contributed by atoms with Crippen LogP contribution >= 0.6 is 7.82 Å². The van der Waals surface area contributed by atoms with E-state index in [1.54, 1.807) is 0 Å². The number of hydrogen-bond donors (Lipinski definition) is 0. The highest BCUT2D eigenvalue weighted by atomic mass is 31.2. The van der Waals surface area contributed by atoms with E-state index in [0.717, 1.165) is 0 Å². The number of rotatable bonds is 8. The quantitative estimate of drug-likeness (QED) is 0.381. The Balaban J connectivity index is 4.97. The van der Waals surface area contributed by atoms with E-state index in [0.29, 0.717) is 0 Å². The molecule has 2 atom stereocenters. The molecule has 0 aliphatic carbocycles. The number of halogens is 6. The van der Waals surface area contributed by atoms with Crippen molar-refractivity contribution < 1.29 is 44.2 Å². The minimum atomic E-state index is -5.21. The maximum atomic E-state index is 12.6. The van der Waals surface area contributed by atoms with Crippen molar-refractivity contribution >= 4 is 16.1 Å². The van der Waals surface area contributed by atoms with Crippen LogP contribution in [-0.4, -0.2) is 33.9 Å². The molecule has 0 saturated carbocycles. The second kappa shape index (κ2) is 7.07. The summed E-state index contributed by atoms with van der Waals surface area (Å²) < 4.78 is 96.6. The molecule has 116 valence electrons. The highest BCUT2D eigenvalue weighted by Gasteiger charge is 2.43. The summed E-state index contributed by atoms with van der Waals surface area (Å²) in [7, 11) is -8.04. The van der Waals surface area contributed by atoms with Gasteiger partial charge >= 0.3 is 7.82 Å². The highest BCUT2D eigenvalue weighted by molar-refractivity contribution is 7.50. The summed E-state index contributed by atoms with van der Waals surface area (Å²) in [6.07, 6.45) is -14.3. The Morgan fingerprint density at radius 1 is 0.842 bits per heavy atom. The third-order valence-electron chi connectivity index (χ3n) is 1.24. The second-order valence-electron chi connectivity index (χ2n) is 4.23. The topological polar surface area (TPSA) is 44.8 Å². The van der Waals surface area contributed by atoms with Gasteiger partial charge in [0.05, 0.1) is 0 Å². The first kappa shape index (κ1) is 18.9. The van der Waals surface area contributed by atoms with Gasteiger partial charge in [0.25, 0.3) is 25.6 Å². The zero-order valence-electron chi connectivity index (χ0n) is 10.2. The van der Waals surface area contributed by atoms with Crippen LogP contribution in [0.25, 0.3) is 0 Å². The molecule has 0 aromatic heterocycles. The third kappa shape index (κ3) is 7.93. The zero-order valence-corrected chi connectivity index (χ0v) is 12.1. The molecule has 0 spiro atoms. The second-order valence-corrected chi connectivity index (χ2v) is 10.5. The first-order chi connectivity index (χ1) is 8.36. The summed E-state index contributed by atoms with van der Waals surface area (Å²) in [4.78, 5) is 0. The fourth-order valence-electron chi connectivity index (χ4n) is 0.742. The average Bonchev–Trinajstić information content (AvgIpc) is 2.12. The highest BCUT2D eigenvalue weighted by Crippen LogP contribution is 2.55. The van der Waals surface area contributed by atoms with E-state index in [9.17, 15) is 30.9 Å². The molecule has 0 heterocycles. The van der Waals surface area contributed by atoms with Gasteiger partial charge in [0, 0.05) is 0 Å². The summed E-state index contributed by atoms with van der Waals surface area (Å²) in [5, 5.41) is 0. The zero-order chi connectivity index (χ0) is 15.4. The summed E-state index contributed by atoms with van der Waals surface area (Å²) >= 11 is 0. The van der Waals surface area contributed by atoms with Crippen LogP contribution < -0.4 is 0 Å². The predicted molar refractivity (Wildman–Crippen MR) is 56.0 cm³/mol. The van der Waals surface area contributed by atoms with Crippen LogP contribution in [0.5, 0.6) is 0 Å². The van der Waals surface area contributed by atoms with Gasteiger partial charge in [0.1, 0.15) is 0 Å². The van der Waals surface area contributed by atoms with Crippen molar-refractivity contribution in [3.8, 4) is 0 Å². The molecule has 0 saturated heterocycles. The van der Waals surface area contributed by atoms with E-state index in [2.05, 4.69) is 13.3 Å². The van der Waals surface area contributed by atoms with Crippen molar-refractivity contribution in [2.24, 2.45) is 0 Å². The van der Waals surface area contributed by atoms with Gasteiger partial charge in [-0.1, -0.05) is 0 Å². The Morgan fingerprint density at radius 3 is 1.37 bits per heavy atom. The van der Waals surface area contributed by atoms with Crippen molar-refractivity contribution in [1.29, 1.82) is 0 Å². The van der Waals surface area contributed by atoms with Gasteiger partial charge in [-0.15, -0.1) is 0 Å². The molecule has 12 heteroatoms. The normalized spacial score (nSPS) is 19.5. The molecule has 0 aliphatic rings. The van der Waals surface area contributed by atoms with Gasteiger partial charge in [-0.25, -0.2) is 40.0 Å². The van der Waals surface area contributed by atoms with Crippen molar-refractivity contribution in [3.05, 3.63) is 0 Å². The van der Waals surface area contributed by atoms with Gasteiger partial charge in [-0.05, 0) is 19.6 Å². The maximum Gasteiger partial charge on any atom is 0.470 e. The molecule has 0 rings (SSSR count). The summed E-state index contributed by atoms with van der Waals surface area (Å²) in [6, 6.07) is 0. The predicted octanol–water partition coefficient (Wildman–Crippen LogP) is 4.10. The standard InChI is InChI=1S/C7H13F6O4PSi/c1-19(2,3)17-18(14,15-6(12)4(8)9)16-7(13)5(10)11/h4-7H,1-3H3. The lowest BCUT2D eigenvalue weighted by Crippen LogP contribution is -2.29. The molecule has 0 amide bonds. The van der Waals surface area contributed by atoms with Crippen LogP contribution in [0.15, 0.2) is 0 Å². The number of hydrogen-bond acceptors (Lipinski definition) is 4. The van der Waals surface area contributed by atoms with E-state index in [4.69, 9.17) is 0 Å². The molecule has 19 heavy (non-hydrogen) atoms. The Morgan fingerprint density at radius 2 is 1.16 bits per heavy atom. The van der Waals surface area contributed by atoms with Crippen LogP contribution in [0.4, 0.5) is 26.3 Å². The minimum absolute atomic E-state index is 1.36. The Bertz CT molecular complexity index is 305. The van der Waals surface area contributed by atoms with Crippen molar-refractivity contribution in [2.75, 3.05) is 0 Å². The van der Waals surface area contributed by atoms with E-state index in [1.807, 2.05) is 0 Å². The molecule has 0 N–H and O–H groups in total. The van der Waals surface area contributed by atoms with Gasteiger partial charge in [-0.3, -0.25) is 0 Å². The Kier molecular flexibility index (Phi) is 7.04. The van der Waals surface area contributed by atoms with Crippen LogP contribution in [0.2, 0.25) is 19.6 Å². The molecule has 0 fully saturated rings.